The summed E-state index contributed by atoms with van der Waals surface area (Å²) in [4.78, 5) is 2.35. The van der Waals surface area contributed by atoms with Gasteiger partial charge in [-0.3, -0.25) is 0 Å². The lowest BCUT2D eigenvalue weighted by Crippen LogP contribution is -2.09. The molecule has 1 nitrogen and oxygen atoms in total. The van der Waals surface area contributed by atoms with Crippen molar-refractivity contribution >= 4 is 17.1 Å². The molecule has 0 spiro atoms. The van der Waals surface area contributed by atoms with Gasteiger partial charge < -0.3 is 4.90 Å². The third-order valence-electron chi connectivity index (χ3n) is 9.83. The lowest BCUT2D eigenvalue weighted by atomic mass is 9.92. The van der Waals surface area contributed by atoms with Crippen molar-refractivity contribution in [2.45, 2.75) is 13.8 Å². The van der Waals surface area contributed by atoms with Gasteiger partial charge in [0, 0.05) is 17.1 Å². The summed E-state index contributed by atoms with van der Waals surface area (Å²) in [6, 6.07) is 72.1. The molecule has 8 aromatic carbocycles. The molecule has 0 aliphatic rings. The van der Waals surface area contributed by atoms with Crippen LogP contribution in [0.3, 0.4) is 0 Å². The summed E-state index contributed by atoms with van der Waals surface area (Å²) in [6.07, 6.45) is 0. The zero-order valence-electron chi connectivity index (χ0n) is 29.0. The van der Waals surface area contributed by atoms with E-state index in [2.05, 4.69) is 219 Å². The topological polar surface area (TPSA) is 3.24 Å². The average Bonchev–Trinajstić information content (AvgIpc) is 3.20. The number of hydrogen-bond acceptors (Lipinski definition) is 1. The molecule has 1 heteroatoms. The first kappa shape index (κ1) is 31.8. The van der Waals surface area contributed by atoms with Gasteiger partial charge in [0.25, 0.3) is 0 Å². The highest BCUT2D eigenvalue weighted by molar-refractivity contribution is 5.88. The van der Waals surface area contributed by atoms with E-state index in [0.29, 0.717) is 0 Å². The average molecular weight is 654 g/mol. The highest BCUT2D eigenvalue weighted by Gasteiger charge is 2.16. The van der Waals surface area contributed by atoms with Crippen molar-refractivity contribution in [1.29, 1.82) is 0 Å². The normalized spacial score (nSPS) is 10.9. The Morgan fingerprint density at radius 1 is 0.235 bits per heavy atom. The Balaban J connectivity index is 1.19. The summed E-state index contributed by atoms with van der Waals surface area (Å²) >= 11 is 0. The van der Waals surface area contributed by atoms with Gasteiger partial charge in [-0.2, -0.15) is 0 Å². The van der Waals surface area contributed by atoms with Crippen LogP contribution >= 0.6 is 0 Å². The predicted octanol–water partition coefficient (Wildman–Crippen LogP) is 14.1. The maximum atomic E-state index is 2.35. The van der Waals surface area contributed by atoms with Gasteiger partial charge in [0.2, 0.25) is 0 Å². The van der Waals surface area contributed by atoms with Crippen LogP contribution in [0.2, 0.25) is 0 Å². The van der Waals surface area contributed by atoms with E-state index in [4.69, 9.17) is 0 Å². The smallest absolute Gasteiger partial charge is 0.0462 e. The first-order valence-corrected chi connectivity index (χ1v) is 17.6. The Morgan fingerprint density at radius 3 is 0.922 bits per heavy atom. The van der Waals surface area contributed by atoms with Crippen molar-refractivity contribution in [1.82, 2.24) is 0 Å². The molecule has 0 aromatic heterocycles. The minimum Gasteiger partial charge on any atom is -0.311 e. The highest BCUT2D eigenvalue weighted by atomic mass is 15.1. The molecule has 0 atom stereocenters. The lowest BCUT2D eigenvalue weighted by molar-refractivity contribution is 1.28. The van der Waals surface area contributed by atoms with Crippen molar-refractivity contribution < 1.29 is 0 Å². The van der Waals surface area contributed by atoms with Gasteiger partial charge in [-0.05, 0) is 117 Å². The van der Waals surface area contributed by atoms with Crippen LogP contribution in [-0.2, 0) is 0 Å². The first-order valence-electron chi connectivity index (χ1n) is 17.6. The van der Waals surface area contributed by atoms with E-state index in [1.807, 2.05) is 0 Å². The van der Waals surface area contributed by atoms with E-state index in [1.165, 1.54) is 66.8 Å². The second kappa shape index (κ2) is 14.2. The monoisotopic (exact) mass is 653 g/mol. The van der Waals surface area contributed by atoms with Gasteiger partial charge in [0.1, 0.15) is 0 Å². The Kier molecular flexibility index (Phi) is 8.85. The van der Waals surface area contributed by atoms with Gasteiger partial charge >= 0.3 is 0 Å². The number of nitrogens with zero attached hydrogens (tertiary/aromatic N) is 1. The van der Waals surface area contributed by atoms with Crippen molar-refractivity contribution in [3.8, 4) is 55.6 Å². The third-order valence-corrected chi connectivity index (χ3v) is 9.83. The second-order valence-electron chi connectivity index (χ2n) is 13.1. The molecule has 0 N–H and O–H groups in total. The number of hydrogen-bond donors (Lipinski definition) is 0. The van der Waals surface area contributed by atoms with Gasteiger partial charge in [0.05, 0.1) is 0 Å². The fraction of sp³-hybridized carbons (Fsp3) is 0.0400. The predicted molar refractivity (Wildman–Crippen MR) is 218 cm³/mol. The molecule has 0 saturated carbocycles. The molecule has 0 amide bonds. The van der Waals surface area contributed by atoms with Crippen LogP contribution in [0.1, 0.15) is 11.1 Å². The molecule has 0 saturated heterocycles. The zero-order valence-corrected chi connectivity index (χ0v) is 29.0. The number of anilines is 3. The Labute approximate surface area is 301 Å². The van der Waals surface area contributed by atoms with Crippen LogP contribution in [0.4, 0.5) is 17.1 Å². The molecule has 244 valence electrons. The summed E-state index contributed by atoms with van der Waals surface area (Å²) in [5, 5.41) is 0. The molecule has 0 fully saturated rings. The van der Waals surface area contributed by atoms with Crippen molar-refractivity contribution in [3.63, 3.8) is 0 Å². The fourth-order valence-electron chi connectivity index (χ4n) is 7.15. The zero-order chi connectivity index (χ0) is 34.6. The van der Waals surface area contributed by atoms with Crippen LogP contribution in [0.25, 0.3) is 55.6 Å². The van der Waals surface area contributed by atoms with Gasteiger partial charge in [-0.15, -0.1) is 0 Å². The van der Waals surface area contributed by atoms with Crippen molar-refractivity contribution in [2.24, 2.45) is 0 Å². The molecule has 8 aromatic rings. The molecule has 0 radical (unpaired) electrons. The Bertz CT molecular complexity index is 2270. The minimum absolute atomic E-state index is 1.10. The largest absolute Gasteiger partial charge is 0.311 e. The molecule has 51 heavy (non-hydrogen) atoms. The van der Waals surface area contributed by atoms with E-state index < -0.39 is 0 Å². The number of aryl methyl sites for hydroxylation is 2. The van der Waals surface area contributed by atoms with Gasteiger partial charge in [-0.25, -0.2) is 0 Å². The van der Waals surface area contributed by atoms with E-state index in [0.717, 1.165) is 17.1 Å². The summed E-state index contributed by atoms with van der Waals surface area (Å²) in [7, 11) is 0. The van der Waals surface area contributed by atoms with Crippen LogP contribution < -0.4 is 4.90 Å². The molecule has 0 aliphatic heterocycles. The summed E-state index contributed by atoms with van der Waals surface area (Å²) in [6.45, 7) is 4.37. The molecule has 0 unspecified atom stereocenters. The van der Waals surface area contributed by atoms with E-state index in [1.54, 1.807) is 0 Å². The van der Waals surface area contributed by atoms with Gasteiger partial charge in [0.15, 0.2) is 0 Å². The summed E-state index contributed by atoms with van der Waals surface area (Å²) in [5.41, 5.74) is 18.2. The van der Waals surface area contributed by atoms with Gasteiger partial charge in [-0.1, -0.05) is 164 Å². The quantitative estimate of drug-likeness (QED) is 0.158. The summed E-state index contributed by atoms with van der Waals surface area (Å²) < 4.78 is 0. The standard InChI is InChI=1S/C50H39N/c1-36-14-6-8-18-45(36)49-22-12-10-20-47(49)40-26-32-43(33-27-40)51(42-30-24-39(25-31-42)38-16-4-3-5-17-38)44-34-28-41(29-35-44)48-21-11-13-23-50(48)46-19-9-7-15-37(46)2/h3-35H,1-2H3. The molecule has 8 rings (SSSR count). The molecular formula is C50H39N. The Morgan fingerprint density at radius 2 is 0.529 bits per heavy atom. The van der Waals surface area contributed by atoms with E-state index in [-0.39, 0.29) is 0 Å². The van der Waals surface area contributed by atoms with Crippen LogP contribution in [0.15, 0.2) is 200 Å². The fourth-order valence-corrected chi connectivity index (χ4v) is 7.15. The van der Waals surface area contributed by atoms with E-state index >= 15 is 0 Å². The molecule has 0 aliphatic carbocycles. The van der Waals surface area contributed by atoms with E-state index in [9.17, 15) is 0 Å². The number of rotatable bonds is 8. The highest BCUT2D eigenvalue weighted by Crippen LogP contribution is 2.40. The lowest BCUT2D eigenvalue weighted by Gasteiger charge is -2.26. The maximum Gasteiger partial charge on any atom is 0.0462 e. The van der Waals surface area contributed by atoms with Crippen LogP contribution in [0, 0.1) is 13.8 Å². The van der Waals surface area contributed by atoms with Crippen LogP contribution in [0.5, 0.6) is 0 Å². The van der Waals surface area contributed by atoms with Crippen LogP contribution in [-0.4, -0.2) is 0 Å². The molecule has 0 bridgehead atoms. The van der Waals surface area contributed by atoms with Crippen molar-refractivity contribution in [3.05, 3.63) is 211 Å². The third kappa shape index (κ3) is 6.50. The SMILES string of the molecule is Cc1ccccc1-c1ccccc1-c1ccc(N(c2ccc(-c3ccccc3)cc2)c2ccc(-c3ccccc3-c3ccccc3C)cc2)cc1. The number of benzene rings is 8. The minimum atomic E-state index is 1.10. The molecular weight excluding hydrogens is 615 g/mol. The second-order valence-corrected chi connectivity index (χ2v) is 13.1. The first-order chi connectivity index (χ1) is 25.1. The molecule has 0 heterocycles. The Hall–Kier alpha value is -6.44. The van der Waals surface area contributed by atoms with Crippen molar-refractivity contribution in [2.75, 3.05) is 4.90 Å². The maximum absolute atomic E-state index is 2.35. The summed E-state index contributed by atoms with van der Waals surface area (Å²) in [5.74, 6) is 0.